The molecule has 1 aromatic carbocycles. The lowest BCUT2D eigenvalue weighted by Gasteiger charge is -2.37. The summed E-state index contributed by atoms with van der Waals surface area (Å²) < 4.78 is 51.6. The molecule has 0 heterocycles. The molecule has 1 fully saturated rings. The van der Waals surface area contributed by atoms with Crippen molar-refractivity contribution >= 4 is 15.9 Å². The summed E-state index contributed by atoms with van der Waals surface area (Å²) in [5, 5.41) is 10.4. The van der Waals surface area contributed by atoms with Crippen LogP contribution in [-0.2, 0) is 6.42 Å². The molecule has 0 aliphatic heterocycles. The third-order valence-corrected chi connectivity index (χ3v) is 4.68. The first-order valence-electron chi connectivity index (χ1n) is 6.43. The Bertz CT molecular complexity index is 479. The first-order valence-corrected chi connectivity index (χ1v) is 7.22. The molecule has 0 bridgehead atoms. The van der Waals surface area contributed by atoms with Crippen LogP contribution >= 0.6 is 15.9 Å². The SMILES string of the molecule is OC1(Cc2cc(F)ccc2Br)CCC(C(F)(F)F)CC1. The standard InChI is InChI=1S/C14H15BrF4O/c15-12-2-1-11(16)7-9(12)8-13(20)5-3-10(4-6-13)14(17,18)19/h1-2,7,10,20H,3-6,8H2. The second-order valence-corrected chi connectivity index (χ2v) is 6.31. The molecular weight excluding hydrogens is 340 g/mol. The van der Waals surface area contributed by atoms with E-state index in [4.69, 9.17) is 0 Å². The zero-order valence-corrected chi connectivity index (χ0v) is 12.3. The van der Waals surface area contributed by atoms with E-state index >= 15 is 0 Å². The highest BCUT2D eigenvalue weighted by atomic mass is 79.9. The molecule has 112 valence electrons. The zero-order chi connectivity index (χ0) is 15.0. The van der Waals surface area contributed by atoms with Gasteiger partial charge in [0, 0.05) is 10.9 Å². The topological polar surface area (TPSA) is 20.2 Å². The van der Waals surface area contributed by atoms with E-state index in [-0.39, 0.29) is 32.1 Å². The minimum atomic E-state index is -4.19. The number of alkyl halides is 3. The first-order chi connectivity index (χ1) is 9.20. The van der Waals surface area contributed by atoms with Crippen LogP contribution in [0, 0.1) is 11.7 Å². The van der Waals surface area contributed by atoms with Crippen molar-refractivity contribution in [3.8, 4) is 0 Å². The Kier molecular flexibility index (Phi) is 4.44. The average molecular weight is 355 g/mol. The van der Waals surface area contributed by atoms with Crippen molar-refractivity contribution in [2.45, 2.75) is 43.9 Å². The summed E-state index contributed by atoms with van der Waals surface area (Å²) in [5.74, 6) is -1.76. The third kappa shape index (κ3) is 3.73. The summed E-state index contributed by atoms with van der Waals surface area (Å²) in [6, 6.07) is 4.13. The van der Waals surface area contributed by atoms with Gasteiger partial charge >= 0.3 is 6.18 Å². The minimum absolute atomic E-state index is 0.0765. The van der Waals surface area contributed by atoms with Gasteiger partial charge in [-0.3, -0.25) is 0 Å². The molecule has 2 rings (SSSR count). The van der Waals surface area contributed by atoms with E-state index in [0.717, 1.165) is 0 Å². The van der Waals surface area contributed by atoms with Crippen LogP contribution in [-0.4, -0.2) is 16.9 Å². The summed E-state index contributed by atoms with van der Waals surface area (Å²) in [5.41, 5.74) is -0.601. The Hall–Kier alpha value is -0.620. The van der Waals surface area contributed by atoms with Crippen molar-refractivity contribution in [3.05, 3.63) is 34.1 Å². The number of halogens is 5. The highest BCUT2D eigenvalue weighted by molar-refractivity contribution is 9.10. The number of hydrogen-bond donors (Lipinski definition) is 1. The molecule has 0 atom stereocenters. The molecule has 0 spiro atoms. The maximum absolute atomic E-state index is 13.2. The molecule has 1 N–H and O–H groups in total. The lowest BCUT2D eigenvalue weighted by Crippen LogP contribution is -2.39. The lowest BCUT2D eigenvalue weighted by molar-refractivity contribution is -0.192. The Morgan fingerprint density at radius 2 is 1.85 bits per heavy atom. The number of hydrogen-bond acceptors (Lipinski definition) is 1. The fourth-order valence-corrected chi connectivity index (χ4v) is 3.08. The predicted octanol–water partition coefficient (Wildman–Crippen LogP) is 4.61. The van der Waals surface area contributed by atoms with Crippen LogP contribution in [0.4, 0.5) is 17.6 Å². The van der Waals surface area contributed by atoms with Gasteiger partial charge in [0.15, 0.2) is 0 Å². The van der Waals surface area contributed by atoms with Gasteiger partial charge in [-0.1, -0.05) is 15.9 Å². The third-order valence-electron chi connectivity index (χ3n) is 3.91. The largest absolute Gasteiger partial charge is 0.391 e. The van der Waals surface area contributed by atoms with Crippen molar-refractivity contribution in [2.24, 2.45) is 5.92 Å². The van der Waals surface area contributed by atoms with E-state index < -0.39 is 23.5 Å². The molecule has 20 heavy (non-hydrogen) atoms. The molecule has 0 unspecified atom stereocenters. The second kappa shape index (κ2) is 5.64. The quantitative estimate of drug-likeness (QED) is 0.768. The molecular formula is C14H15BrF4O. The van der Waals surface area contributed by atoms with Crippen molar-refractivity contribution in [2.75, 3.05) is 0 Å². The van der Waals surface area contributed by atoms with Crippen LogP contribution in [0.15, 0.2) is 22.7 Å². The number of aliphatic hydroxyl groups is 1. The van der Waals surface area contributed by atoms with Gasteiger partial charge in [0.2, 0.25) is 0 Å². The fourth-order valence-electron chi connectivity index (χ4n) is 2.69. The van der Waals surface area contributed by atoms with E-state index in [1.165, 1.54) is 18.2 Å². The van der Waals surface area contributed by atoms with Crippen molar-refractivity contribution in [1.82, 2.24) is 0 Å². The van der Waals surface area contributed by atoms with E-state index in [0.29, 0.717) is 10.0 Å². The second-order valence-electron chi connectivity index (χ2n) is 5.45. The first kappa shape index (κ1) is 15.8. The molecule has 1 aliphatic rings. The van der Waals surface area contributed by atoms with Crippen LogP contribution in [0.3, 0.4) is 0 Å². The van der Waals surface area contributed by atoms with Crippen LogP contribution in [0.5, 0.6) is 0 Å². The minimum Gasteiger partial charge on any atom is -0.390 e. The van der Waals surface area contributed by atoms with Crippen molar-refractivity contribution < 1.29 is 22.7 Å². The smallest absolute Gasteiger partial charge is 0.390 e. The van der Waals surface area contributed by atoms with Crippen molar-refractivity contribution in [1.29, 1.82) is 0 Å². The van der Waals surface area contributed by atoms with Gasteiger partial charge in [0.05, 0.1) is 11.5 Å². The molecule has 1 nitrogen and oxygen atoms in total. The number of rotatable bonds is 2. The Morgan fingerprint density at radius 3 is 2.40 bits per heavy atom. The summed E-state index contributed by atoms with van der Waals surface area (Å²) in [6.45, 7) is 0. The normalized spacial score (nSPS) is 27.6. The monoisotopic (exact) mass is 354 g/mol. The van der Waals surface area contributed by atoms with Gasteiger partial charge in [-0.25, -0.2) is 4.39 Å². The van der Waals surface area contributed by atoms with Crippen LogP contribution < -0.4 is 0 Å². The van der Waals surface area contributed by atoms with Crippen LogP contribution in [0.2, 0.25) is 0 Å². The van der Waals surface area contributed by atoms with Gasteiger partial charge in [-0.05, 0) is 49.4 Å². The fraction of sp³-hybridized carbons (Fsp3) is 0.571. The van der Waals surface area contributed by atoms with Gasteiger partial charge in [0.1, 0.15) is 5.82 Å². The Labute approximate surface area is 123 Å². The molecule has 1 aliphatic carbocycles. The maximum Gasteiger partial charge on any atom is 0.391 e. The van der Waals surface area contributed by atoms with Gasteiger partial charge in [0.25, 0.3) is 0 Å². The highest BCUT2D eigenvalue weighted by Crippen LogP contribution is 2.42. The molecule has 1 saturated carbocycles. The summed E-state index contributed by atoms with van der Waals surface area (Å²) in [7, 11) is 0. The van der Waals surface area contributed by atoms with Gasteiger partial charge in [-0.15, -0.1) is 0 Å². The van der Waals surface area contributed by atoms with Gasteiger partial charge < -0.3 is 5.11 Å². The molecule has 0 radical (unpaired) electrons. The van der Waals surface area contributed by atoms with E-state index in [1.54, 1.807) is 0 Å². The Morgan fingerprint density at radius 1 is 1.25 bits per heavy atom. The molecule has 0 amide bonds. The van der Waals surface area contributed by atoms with Gasteiger partial charge in [-0.2, -0.15) is 13.2 Å². The molecule has 0 saturated heterocycles. The van der Waals surface area contributed by atoms with Crippen LogP contribution in [0.1, 0.15) is 31.2 Å². The summed E-state index contributed by atoms with van der Waals surface area (Å²) >= 11 is 3.27. The lowest BCUT2D eigenvalue weighted by atomic mass is 9.75. The van der Waals surface area contributed by atoms with E-state index in [1.807, 2.05) is 0 Å². The molecule has 1 aromatic rings. The highest BCUT2D eigenvalue weighted by Gasteiger charge is 2.45. The Balaban J connectivity index is 2.05. The van der Waals surface area contributed by atoms with E-state index in [9.17, 15) is 22.7 Å². The van der Waals surface area contributed by atoms with Crippen molar-refractivity contribution in [3.63, 3.8) is 0 Å². The number of benzene rings is 1. The summed E-state index contributed by atoms with van der Waals surface area (Å²) in [4.78, 5) is 0. The average Bonchev–Trinajstić information content (AvgIpc) is 2.33. The van der Waals surface area contributed by atoms with Crippen LogP contribution in [0.25, 0.3) is 0 Å². The molecule has 0 aromatic heterocycles. The molecule has 6 heteroatoms. The van der Waals surface area contributed by atoms with E-state index in [2.05, 4.69) is 15.9 Å². The maximum atomic E-state index is 13.2. The zero-order valence-electron chi connectivity index (χ0n) is 10.7. The predicted molar refractivity (Wildman–Crippen MR) is 70.8 cm³/mol. The summed E-state index contributed by atoms with van der Waals surface area (Å²) in [6.07, 6.45) is -4.02.